The van der Waals surface area contributed by atoms with Crippen LogP contribution in [0.15, 0.2) is 35.4 Å². The molecule has 0 aromatic heterocycles. The molecule has 376 valence electrons. The van der Waals surface area contributed by atoms with Gasteiger partial charge in [0.05, 0.1) is 93.5 Å². The molecule has 4 unspecified atom stereocenters. The standard InChI is InChI=1S/C43H67N7O15S2/c1-30(53)49-34-36(56)35(55)32(27-52)65-37(34)64-26-24-59-17-14-47-39(57)41(2,29-43(4,40(58)46-13-16-51)67-38(66)31-9-7-6-8-10-31)28-42(3,45-5)12-11-33(54)63-25-23-62-22-21-61-20-19-60-18-15-48-50-44/h6-10,32,34-37,51-52,55-56H,11-29H2,1-4H3,(H,46,58)(H,47,57)(H,49,53)/t32-,34-,35?,36-,37-,41?,42?,43?/m1/s1. The zero-order valence-corrected chi connectivity index (χ0v) is 40.2. The summed E-state index contributed by atoms with van der Waals surface area (Å²) in [5.74, 6) is -2.07. The smallest absolute Gasteiger partial charge is 0.306 e. The number of rotatable bonds is 34. The molecular formula is C43H67N7O15S2. The van der Waals surface area contributed by atoms with Crippen LogP contribution in [-0.2, 0) is 52.3 Å². The number of ether oxygens (including phenoxy) is 7. The Kier molecular flexibility index (Phi) is 28.1. The minimum absolute atomic E-state index is 0.00678. The second-order valence-electron chi connectivity index (χ2n) is 16.2. The fourth-order valence-electron chi connectivity index (χ4n) is 7.09. The van der Waals surface area contributed by atoms with E-state index < -0.39 is 76.6 Å². The second-order valence-corrected chi connectivity index (χ2v) is 18.4. The molecule has 24 heteroatoms. The number of amides is 3. The highest BCUT2D eigenvalue weighted by molar-refractivity contribution is 8.25. The van der Waals surface area contributed by atoms with E-state index in [1.54, 1.807) is 45.0 Å². The number of aliphatic hydroxyl groups excluding tert-OH is 4. The molecule has 8 atom stereocenters. The number of esters is 1. The summed E-state index contributed by atoms with van der Waals surface area (Å²) in [5.41, 5.74) is 6.22. The van der Waals surface area contributed by atoms with Crippen LogP contribution in [0.4, 0.5) is 0 Å². The molecule has 1 aliphatic heterocycles. The number of nitrogens with one attached hydrogen (secondary N) is 3. The van der Waals surface area contributed by atoms with Gasteiger partial charge in [-0.05, 0) is 24.4 Å². The van der Waals surface area contributed by atoms with Crippen molar-refractivity contribution in [2.45, 2.75) is 94.3 Å². The van der Waals surface area contributed by atoms with Gasteiger partial charge in [-0.25, -0.2) is 6.57 Å². The summed E-state index contributed by atoms with van der Waals surface area (Å²) in [6, 6.07) is 7.91. The van der Waals surface area contributed by atoms with Crippen LogP contribution in [0.3, 0.4) is 0 Å². The van der Waals surface area contributed by atoms with Crippen molar-refractivity contribution in [2.75, 3.05) is 98.9 Å². The van der Waals surface area contributed by atoms with Crippen molar-refractivity contribution in [1.29, 1.82) is 0 Å². The number of thioether (sulfide) groups is 1. The van der Waals surface area contributed by atoms with Crippen LogP contribution in [0.25, 0.3) is 15.3 Å². The Labute approximate surface area is 400 Å². The van der Waals surface area contributed by atoms with Crippen LogP contribution in [-0.4, -0.2) is 188 Å². The summed E-state index contributed by atoms with van der Waals surface area (Å²) in [7, 11) is 0. The SMILES string of the molecule is [C-]#[N+]C(C)(CCC(=O)OCCOCCOCCOCCN=[N+]=[N-])CC(C)(CC(C)(SC(=S)c1ccccc1)C(=O)NCCO)C(=O)NCCOCCO[C@@H]1O[C@H](CO)C(O)[C@H](O)[C@H]1NC(C)=O. The first-order chi connectivity index (χ1) is 32.0. The minimum Gasteiger partial charge on any atom is -0.463 e. The van der Waals surface area contributed by atoms with Crippen molar-refractivity contribution in [3.8, 4) is 0 Å². The van der Waals surface area contributed by atoms with Crippen LogP contribution in [0, 0.1) is 12.0 Å². The third-order valence-electron chi connectivity index (χ3n) is 10.3. The van der Waals surface area contributed by atoms with Crippen LogP contribution < -0.4 is 16.0 Å². The zero-order valence-electron chi connectivity index (χ0n) is 38.6. The van der Waals surface area contributed by atoms with Crippen molar-refractivity contribution in [3.63, 3.8) is 0 Å². The highest BCUT2D eigenvalue weighted by Crippen LogP contribution is 2.45. The summed E-state index contributed by atoms with van der Waals surface area (Å²) < 4.78 is 37.4. The molecule has 22 nitrogen and oxygen atoms in total. The van der Waals surface area contributed by atoms with E-state index in [-0.39, 0.29) is 98.2 Å². The van der Waals surface area contributed by atoms with Gasteiger partial charge in [-0.2, -0.15) is 0 Å². The van der Waals surface area contributed by atoms with Gasteiger partial charge in [0.2, 0.25) is 23.3 Å². The molecule has 0 spiro atoms. The van der Waals surface area contributed by atoms with E-state index in [0.29, 0.717) is 29.6 Å². The summed E-state index contributed by atoms with van der Waals surface area (Å²) in [6.45, 7) is 15.0. The third kappa shape index (κ3) is 21.8. The molecule has 1 saturated heterocycles. The predicted octanol–water partition coefficient (Wildman–Crippen LogP) is 1.20. The van der Waals surface area contributed by atoms with E-state index in [0.717, 1.165) is 11.8 Å². The van der Waals surface area contributed by atoms with E-state index in [1.807, 2.05) is 6.07 Å². The van der Waals surface area contributed by atoms with Crippen LogP contribution in [0.1, 0.15) is 58.9 Å². The van der Waals surface area contributed by atoms with Crippen LogP contribution in [0.5, 0.6) is 0 Å². The van der Waals surface area contributed by atoms with Gasteiger partial charge in [-0.1, -0.05) is 66.3 Å². The van der Waals surface area contributed by atoms with E-state index in [1.165, 1.54) is 6.92 Å². The third-order valence-corrected chi connectivity index (χ3v) is 12.0. The topological polar surface area (TPSA) is 303 Å². The van der Waals surface area contributed by atoms with Crippen molar-refractivity contribution >= 4 is 51.9 Å². The molecule has 2 rings (SSSR count). The van der Waals surface area contributed by atoms with E-state index in [2.05, 4.69) is 30.8 Å². The zero-order chi connectivity index (χ0) is 49.7. The quantitative estimate of drug-likeness (QED) is 0.00971. The van der Waals surface area contributed by atoms with Gasteiger partial charge in [0.15, 0.2) is 6.29 Å². The summed E-state index contributed by atoms with van der Waals surface area (Å²) in [6.07, 6.45) is -5.67. The van der Waals surface area contributed by atoms with Gasteiger partial charge in [0.1, 0.15) is 31.0 Å². The molecule has 1 aliphatic rings. The molecule has 0 bridgehead atoms. The Morgan fingerprint density at radius 2 is 1.48 bits per heavy atom. The highest BCUT2D eigenvalue weighted by Gasteiger charge is 2.51. The summed E-state index contributed by atoms with van der Waals surface area (Å²) in [5, 5.41) is 51.3. The lowest BCUT2D eigenvalue weighted by atomic mass is 9.70. The van der Waals surface area contributed by atoms with Gasteiger partial charge in [-0.15, -0.1) is 0 Å². The number of thiocarbonyl (C=S) groups is 1. The Morgan fingerprint density at radius 3 is 2.09 bits per heavy atom. The van der Waals surface area contributed by atoms with E-state index in [9.17, 15) is 39.6 Å². The Balaban J connectivity index is 2.11. The summed E-state index contributed by atoms with van der Waals surface area (Å²) in [4.78, 5) is 59.4. The molecule has 1 aromatic carbocycles. The first kappa shape index (κ1) is 59.1. The normalized spacial score (nSPS) is 20.7. The molecule has 1 aromatic rings. The number of nitrogens with zero attached hydrogens (tertiary/aromatic N) is 4. The number of azide groups is 1. The van der Waals surface area contributed by atoms with Crippen molar-refractivity contribution in [2.24, 2.45) is 10.5 Å². The Hall–Kier alpha value is -4.06. The monoisotopic (exact) mass is 985 g/mol. The first-order valence-electron chi connectivity index (χ1n) is 21.8. The molecule has 7 N–H and O–H groups in total. The van der Waals surface area contributed by atoms with Crippen molar-refractivity contribution in [1.82, 2.24) is 16.0 Å². The highest BCUT2D eigenvalue weighted by atomic mass is 32.2. The lowest BCUT2D eigenvalue weighted by Crippen LogP contribution is -2.64. The number of hydrogen-bond donors (Lipinski definition) is 7. The van der Waals surface area contributed by atoms with E-state index >= 15 is 0 Å². The Morgan fingerprint density at radius 1 is 0.866 bits per heavy atom. The van der Waals surface area contributed by atoms with Gasteiger partial charge >= 0.3 is 5.97 Å². The molecule has 0 radical (unpaired) electrons. The number of benzene rings is 1. The first-order valence-corrected chi connectivity index (χ1v) is 23.0. The molecule has 1 fully saturated rings. The largest absolute Gasteiger partial charge is 0.463 e. The second kappa shape index (κ2) is 31.9. The molecule has 0 saturated carbocycles. The van der Waals surface area contributed by atoms with Gasteiger partial charge in [-0.3, -0.25) is 19.2 Å². The molecule has 67 heavy (non-hydrogen) atoms. The predicted molar refractivity (Wildman–Crippen MR) is 248 cm³/mol. The lowest BCUT2D eigenvalue weighted by molar-refractivity contribution is -0.272. The molecule has 1 heterocycles. The number of aliphatic hydroxyl groups is 4. The van der Waals surface area contributed by atoms with Crippen molar-refractivity contribution < 1.29 is 72.8 Å². The van der Waals surface area contributed by atoms with Crippen LogP contribution in [0.2, 0.25) is 0 Å². The van der Waals surface area contributed by atoms with Crippen LogP contribution >= 0.6 is 24.0 Å². The molecule has 3 amide bonds. The van der Waals surface area contributed by atoms with Gasteiger partial charge in [0, 0.05) is 51.2 Å². The lowest BCUT2D eigenvalue weighted by Gasteiger charge is -2.42. The maximum atomic E-state index is 14.4. The fraction of sp³-hybridized carbons (Fsp3) is 0.721. The maximum absolute atomic E-state index is 14.4. The number of carbonyl (C=O) groups excluding carboxylic acids is 4. The average Bonchev–Trinajstić information content (AvgIpc) is 3.30. The van der Waals surface area contributed by atoms with Crippen molar-refractivity contribution in [3.05, 3.63) is 57.8 Å². The minimum atomic E-state index is -1.48. The number of hydrogen-bond acceptors (Lipinski definition) is 18. The Bertz CT molecular complexity index is 1780. The maximum Gasteiger partial charge on any atom is 0.306 e. The summed E-state index contributed by atoms with van der Waals surface area (Å²) >= 11 is 6.86. The average molecular weight is 986 g/mol. The fourth-order valence-corrected chi connectivity index (χ4v) is 8.99. The van der Waals surface area contributed by atoms with Gasteiger partial charge in [0.25, 0.3) is 0 Å². The molecular weight excluding hydrogens is 919 g/mol. The molecule has 0 aliphatic carbocycles. The van der Waals surface area contributed by atoms with Gasteiger partial charge < -0.3 is 74.4 Å². The number of carbonyl (C=O) groups is 4. The van der Waals surface area contributed by atoms with E-state index in [4.69, 9.17) is 57.5 Å².